The van der Waals surface area contributed by atoms with Crippen LogP contribution in [0.3, 0.4) is 0 Å². The van der Waals surface area contributed by atoms with Crippen molar-refractivity contribution < 1.29 is 19.1 Å². The Balaban J connectivity index is 1.61. The molecule has 0 aliphatic rings. The van der Waals surface area contributed by atoms with Gasteiger partial charge in [0.05, 0.1) is 12.7 Å². The van der Waals surface area contributed by atoms with E-state index < -0.39 is 12.0 Å². The van der Waals surface area contributed by atoms with E-state index in [1.807, 2.05) is 54.6 Å². The molecule has 6 heteroatoms. The summed E-state index contributed by atoms with van der Waals surface area (Å²) in [5, 5.41) is 2.71. The Labute approximate surface area is 169 Å². The third-order valence-electron chi connectivity index (χ3n) is 4.33. The molecule has 2 aromatic carbocycles. The van der Waals surface area contributed by atoms with E-state index in [2.05, 4.69) is 10.3 Å². The number of rotatable bonds is 8. The topological polar surface area (TPSA) is 77.5 Å². The molecule has 3 aromatic rings. The van der Waals surface area contributed by atoms with Crippen LogP contribution in [0.2, 0.25) is 0 Å². The zero-order valence-electron chi connectivity index (χ0n) is 16.1. The predicted molar refractivity (Wildman–Crippen MR) is 108 cm³/mol. The number of pyridine rings is 1. The average Bonchev–Trinajstić information content (AvgIpc) is 2.78. The van der Waals surface area contributed by atoms with Crippen LogP contribution < -0.4 is 10.1 Å². The second kappa shape index (κ2) is 10.0. The summed E-state index contributed by atoms with van der Waals surface area (Å²) >= 11 is 0. The summed E-state index contributed by atoms with van der Waals surface area (Å²) in [6.07, 6.45) is 3.33. The predicted octanol–water partition coefficient (Wildman–Crippen LogP) is 3.17. The Morgan fingerprint density at radius 3 is 2.38 bits per heavy atom. The van der Waals surface area contributed by atoms with Crippen LogP contribution in [0.1, 0.15) is 21.5 Å². The number of nitrogens with one attached hydrogen (secondary N) is 1. The normalized spacial score (nSPS) is 11.3. The smallest absolute Gasteiger partial charge is 0.328 e. The van der Waals surface area contributed by atoms with Gasteiger partial charge in [-0.3, -0.25) is 9.78 Å². The van der Waals surface area contributed by atoms with Crippen molar-refractivity contribution in [3.05, 3.63) is 95.8 Å². The zero-order valence-corrected chi connectivity index (χ0v) is 16.1. The number of carbonyl (C=O) groups excluding carboxylic acids is 2. The Morgan fingerprint density at radius 2 is 1.72 bits per heavy atom. The highest BCUT2D eigenvalue weighted by Gasteiger charge is 2.22. The largest absolute Gasteiger partial charge is 0.489 e. The van der Waals surface area contributed by atoms with Crippen LogP contribution in [-0.4, -0.2) is 30.0 Å². The van der Waals surface area contributed by atoms with Gasteiger partial charge < -0.3 is 14.8 Å². The van der Waals surface area contributed by atoms with Crippen LogP contribution in [0.15, 0.2) is 79.1 Å². The lowest BCUT2D eigenvalue weighted by atomic mass is 10.1. The van der Waals surface area contributed by atoms with Crippen molar-refractivity contribution in [2.24, 2.45) is 0 Å². The summed E-state index contributed by atoms with van der Waals surface area (Å²) in [7, 11) is 1.30. The molecule has 0 bridgehead atoms. The van der Waals surface area contributed by atoms with E-state index in [0.29, 0.717) is 18.6 Å². The van der Waals surface area contributed by atoms with Gasteiger partial charge in [-0.05, 0) is 35.4 Å². The van der Waals surface area contributed by atoms with Crippen LogP contribution in [0, 0.1) is 0 Å². The minimum atomic E-state index is -0.802. The van der Waals surface area contributed by atoms with Gasteiger partial charge in [-0.1, -0.05) is 42.5 Å². The van der Waals surface area contributed by atoms with Crippen LogP contribution >= 0.6 is 0 Å². The molecule has 1 amide bonds. The van der Waals surface area contributed by atoms with Gasteiger partial charge in [0.1, 0.15) is 18.4 Å². The molecule has 1 heterocycles. The summed E-state index contributed by atoms with van der Waals surface area (Å²) in [4.78, 5) is 28.4. The van der Waals surface area contributed by atoms with E-state index in [1.54, 1.807) is 18.3 Å². The lowest BCUT2D eigenvalue weighted by Gasteiger charge is -2.17. The van der Waals surface area contributed by atoms with Crippen LogP contribution in [0.5, 0.6) is 5.75 Å². The fourth-order valence-corrected chi connectivity index (χ4v) is 2.77. The monoisotopic (exact) mass is 390 g/mol. The van der Waals surface area contributed by atoms with Crippen molar-refractivity contribution in [3.8, 4) is 5.75 Å². The number of aromatic nitrogens is 1. The maximum absolute atomic E-state index is 12.4. The number of ether oxygens (including phenoxy) is 2. The SMILES string of the molecule is COC(=O)C(Cc1ccc(OCc2ccccc2)cc1)NC(=O)c1cccnc1. The molecule has 0 aliphatic heterocycles. The molecular formula is C23H22N2O4. The molecule has 6 nitrogen and oxygen atoms in total. The van der Waals surface area contributed by atoms with Crippen molar-refractivity contribution in [2.45, 2.75) is 19.1 Å². The molecule has 0 saturated carbocycles. The van der Waals surface area contributed by atoms with E-state index in [0.717, 1.165) is 16.9 Å². The number of methoxy groups -OCH3 is 1. The Morgan fingerprint density at radius 1 is 0.966 bits per heavy atom. The minimum absolute atomic E-state index is 0.303. The van der Waals surface area contributed by atoms with Gasteiger partial charge in [-0.15, -0.1) is 0 Å². The minimum Gasteiger partial charge on any atom is -0.489 e. The van der Waals surface area contributed by atoms with Crippen molar-refractivity contribution >= 4 is 11.9 Å². The quantitative estimate of drug-likeness (QED) is 0.598. The summed E-state index contributed by atoms with van der Waals surface area (Å²) in [5.74, 6) is -0.158. The number of esters is 1. The molecular weight excluding hydrogens is 368 g/mol. The number of amides is 1. The maximum atomic E-state index is 12.4. The number of benzene rings is 2. The molecule has 0 aliphatic carbocycles. The fourth-order valence-electron chi connectivity index (χ4n) is 2.77. The number of hydrogen-bond acceptors (Lipinski definition) is 5. The molecule has 0 spiro atoms. The van der Waals surface area contributed by atoms with Gasteiger partial charge in [0.25, 0.3) is 5.91 Å². The molecule has 0 fully saturated rings. The van der Waals surface area contributed by atoms with Crippen molar-refractivity contribution in [1.82, 2.24) is 10.3 Å². The highest BCUT2D eigenvalue weighted by atomic mass is 16.5. The number of nitrogens with zero attached hydrogens (tertiary/aromatic N) is 1. The first-order chi connectivity index (χ1) is 14.2. The Hall–Kier alpha value is -3.67. The van der Waals surface area contributed by atoms with Crippen LogP contribution in [0.4, 0.5) is 0 Å². The first-order valence-electron chi connectivity index (χ1n) is 9.20. The molecule has 1 unspecified atom stereocenters. The van der Waals surface area contributed by atoms with Gasteiger partial charge in [0.15, 0.2) is 0 Å². The van der Waals surface area contributed by atoms with E-state index in [4.69, 9.17) is 9.47 Å². The van der Waals surface area contributed by atoms with Gasteiger partial charge in [-0.25, -0.2) is 4.79 Å². The van der Waals surface area contributed by atoms with Gasteiger partial charge >= 0.3 is 5.97 Å². The summed E-state index contributed by atoms with van der Waals surface area (Å²) in [5.41, 5.74) is 2.34. The van der Waals surface area contributed by atoms with E-state index in [9.17, 15) is 9.59 Å². The lowest BCUT2D eigenvalue weighted by molar-refractivity contribution is -0.142. The summed E-state index contributed by atoms with van der Waals surface area (Å²) < 4.78 is 10.6. The van der Waals surface area contributed by atoms with Crippen LogP contribution in [0.25, 0.3) is 0 Å². The number of hydrogen-bond donors (Lipinski definition) is 1. The second-order valence-electron chi connectivity index (χ2n) is 6.41. The molecule has 29 heavy (non-hydrogen) atoms. The third kappa shape index (κ3) is 5.90. The van der Waals surface area contributed by atoms with Crippen molar-refractivity contribution in [3.63, 3.8) is 0 Å². The molecule has 3 rings (SSSR count). The van der Waals surface area contributed by atoms with Gasteiger partial charge in [0, 0.05) is 18.8 Å². The Bertz CT molecular complexity index is 928. The van der Waals surface area contributed by atoms with Gasteiger partial charge in [0.2, 0.25) is 0 Å². The first-order valence-corrected chi connectivity index (χ1v) is 9.20. The zero-order chi connectivity index (χ0) is 20.5. The van der Waals surface area contributed by atoms with Gasteiger partial charge in [-0.2, -0.15) is 0 Å². The summed E-state index contributed by atoms with van der Waals surface area (Å²) in [6.45, 7) is 0.478. The van der Waals surface area contributed by atoms with E-state index in [-0.39, 0.29) is 5.91 Å². The highest BCUT2D eigenvalue weighted by Crippen LogP contribution is 2.16. The van der Waals surface area contributed by atoms with E-state index >= 15 is 0 Å². The van der Waals surface area contributed by atoms with Crippen molar-refractivity contribution in [1.29, 1.82) is 0 Å². The standard InChI is InChI=1S/C23H22N2O4/c1-28-23(27)21(25-22(26)19-8-5-13-24-15-19)14-17-9-11-20(12-10-17)29-16-18-6-3-2-4-7-18/h2-13,15,21H,14,16H2,1H3,(H,25,26). The molecule has 0 radical (unpaired) electrons. The molecule has 148 valence electrons. The summed E-state index contributed by atoms with van der Waals surface area (Å²) in [6, 6.07) is 19.8. The average molecular weight is 390 g/mol. The highest BCUT2D eigenvalue weighted by molar-refractivity contribution is 5.96. The van der Waals surface area contributed by atoms with E-state index in [1.165, 1.54) is 13.3 Å². The molecule has 1 atom stereocenters. The lowest BCUT2D eigenvalue weighted by Crippen LogP contribution is -2.43. The van der Waals surface area contributed by atoms with Crippen molar-refractivity contribution in [2.75, 3.05) is 7.11 Å². The van der Waals surface area contributed by atoms with Crippen LogP contribution in [-0.2, 0) is 22.6 Å². The second-order valence-corrected chi connectivity index (χ2v) is 6.41. The fraction of sp³-hybridized carbons (Fsp3) is 0.174. The maximum Gasteiger partial charge on any atom is 0.328 e. The Kier molecular flexibility index (Phi) is 6.95. The number of carbonyl (C=O) groups is 2. The molecule has 0 saturated heterocycles. The first kappa shape index (κ1) is 20.1. The molecule has 1 aromatic heterocycles. The third-order valence-corrected chi connectivity index (χ3v) is 4.33. The molecule has 1 N–H and O–H groups in total.